The summed E-state index contributed by atoms with van der Waals surface area (Å²) in [4.78, 5) is 0. The lowest BCUT2D eigenvalue weighted by molar-refractivity contribution is 1.16. The van der Waals surface area contributed by atoms with Crippen LogP contribution in [0.25, 0.3) is 10.1 Å². The predicted molar refractivity (Wildman–Crippen MR) is 85.6 cm³/mol. The van der Waals surface area contributed by atoms with Gasteiger partial charge in [-0.1, -0.05) is 35.3 Å². The Bertz CT molecular complexity index is 721. The number of nitrogens with one attached hydrogen (secondary N) is 1. The van der Waals surface area contributed by atoms with Crippen molar-refractivity contribution in [1.82, 2.24) is 0 Å². The number of anilines is 1. The fourth-order valence-corrected chi connectivity index (χ4v) is 3.13. The second kappa shape index (κ2) is 5.41. The van der Waals surface area contributed by atoms with Gasteiger partial charge in [-0.05, 0) is 41.3 Å². The van der Waals surface area contributed by atoms with Crippen LogP contribution in [-0.4, -0.2) is 0 Å². The highest BCUT2D eigenvalue weighted by molar-refractivity contribution is 7.17. The summed E-state index contributed by atoms with van der Waals surface area (Å²) in [5.41, 5.74) is 2.26. The summed E-state index contributed by atoms with van der Waals surface area (Å²) in [6, 6.07) is 14.1. The molecule has 0 saturated heterocycles. The van der Waals surface area contributed by atoms with E-state index < -0.39 is 0 Å². The van der Waals surface area contributed by atoms with Gasteiger partial charge in [0.1, 0.15) is 0 Å². The Morgan fingerprint density at radius 3 is 2.74 bits per heavy atom. The third-order valence-corrected chi connectivity index (χ3v) is 4.58. The molecule has 1 aromatic heterocycles. The lowest BCUT2D eigenvalue weighted by Crippen LogP contribution is -1.99. The van der Waals surface area contributed by atoms with Crippen LogP contribution >= 0.6 is 34.5 Å². The Labute approximate surface area is 125 Å². The highest BCUT2D eigenvalue weighted by atomic mass is 35.5. The zero-order valence-electron chi connectivity index (χ0n) is 9.99. The molecule has 0 atom stereocenters. The molecule has 4 heteroatoms. The van der Waals surface area contributed by atoms with Crippen molar-refractivity contribution in [3.63, 3.8) is 0 Å². The van der Waals surface area contributed by atoms with Crippen molar-refractivity contribution in [1.29, 1.82) is 0 Å². The number of hydrogen-bond donors (Lipinski definition) is 1. The molecule has 0 unspecified atom stereocenters. The number of benzene rings is 2. The number of fused-ring (bicyclic) bond motifs is 1. The van der Waals surface area contributed by atoms with Gasteiger partial charge in [0.2, 0.25) is 0 Å². The Morgan fingerprint density at radius 1 is 1.00 bits per heavy atom. The van der Waals surface area contributed by atoms with Crippen molar-refractivity contribution in [3.8, 4) is 0 Å². The summed E-state index contributed by atoms with van der Waals surface area (Å²) in [7, 11) is 0. The largest absolute Gasteiger partial charge is 0.380 e. The van der Waals surface area contributed by atoms with Gasteiger partial charge in [-0.3, -0.25) is 0 Å². The van der Waals surface area contributed by atoms with Crippen molar-refractivity contribution < 1.29 is 0 Å². The summed E-state index contributed by atoms with van der Waals surface area (Å²) in [6.07, 6.45) is 0. The van der Waals surface area contributed by atoms with Gasteiger partial charge in [0.15, 0.2) is 0 Å². The van der Waals surface area contributed by atoms with Crippen LogP contribution in [0, 0.1) is 0 Å². The maximum Gasteiger partial charge on any atom is 0.0595 e. The summed E-state index contributed by atoms with van der Waals surface area (Å²) in [6.45, 7) is 0.728. The smallest absolute Gasteiger partial charge is 0.0595 e. The van der Waals surface area contributed by atoms with Crippen molar-refractivity contribution in [2.45, 2.75) is 6.54 Å². The molecule has 0 radical (unpaired) electrons. The summed E-state index contributed by atoms with van der Waals surface area (Å²) in [5.74, 6) is 0. The normalized spacial score (nSPS) is 10.8. The van der Waals surface area contributed by atoms with Gasteiger partial charge in [0.25, 0.3) is 0 Å². The van der Waals surface area contributed by atoms with Crippen molar-refractivity contribution in [2.75, 3.05) is 5.32 Å². The lowest BCUT2D eigenvalue weighted by atomic mass is 10.2. The number of rotatable bonds is 3. The summed E-state index contributed by atoms with van der Waals surface area (Å²) in [5, 5.41) is 7.99. The van der Waals surface area contributed by atoms with Crippen LogP contribution < -0.4 is 5.32 Å². The van der Waals surface area contributed by atoms with E-state index in [1.54, 1.807) is 11.3 Å². The molecule has 1 heterocycles. The maximum absolute atomic E-state index is 6.02. The maximum atomic E-state index is 6.02. The van der Waals surface area contributed by atoms with Crippen molar-refractivity contribution in [2.24, 2.45) is 0 Å². The molecule has 0 amide bonds. The molecule has 0 saturated carbocycles. The van der Waals surface area contributed by atoms with E-state index in [-0.39, 0.29) is 0 Å². The van der Waals surface area contributed by atoms with Crippen LogP contribution in [0.15, 0.2) is 47.8 Å². The van der Waals surface area contributed by atoms with E-state index in [1.807, 2.05) is 18.2 Å². The van der Waals surface area contributed by atoms with Gasteiger partial charge >= 0.3 is 0 Å². The minimum atomic E-state index is 0.588. The quantitative estimate of drug-likeness (QED) is 0.643. The first-order chi connectivity index (χ1) is 9.24. The molecule has 0 bridgehead atoms. The molecule has 1 nitrogen and oxygen atoms in total. The third kappa shape index (κ3) is 2.71. The van der Waals surface area contributed by atoms with Gasteiger partial charge in [-0.15, -0.1) is 11.3 Å². The van der Waals surface area contributed by atoms with Gasteiger partial charge in [-0.2, -0.15) is 0 Å². The molecule has 3 aromatic rings. The van der Waals surface area contributed by atoms with Gasteiger partial charge in [0.05, 0.1) is 10.0 Å². The zero-order chi connectivity index (χ0) is 13.2. The van der Waals surface area contributed by atoms with Crippen LogP contribution in [0.1, 0.15) is 5.56 Å². The van der Waals surface area contributed by atoms with E-state index in [2.05, 4.69) is 35.0 Å². The van der Waals surface area contributed by atoms with Gasteiger partial charge in [0, 0.05) is 22.3 Å². The molecule has 0 aliphatic carbocycles. The summed E-state index contributed by atoms with van der Waals surface area (Å²) >= 11 is 13.7. The van der Waals surface area contributed by atoms with E-state index in [1.165, 1.54) is 10.1 Å². The van der Waals surface area contributed by atoms with Gasteiger partial charge < -0.3 is 5.32 Å². The highest BCUT2D eigenvalue weighted by Gasteiger charge is 2.03. The molecule has 2 aromatic carbocycles. The fraction of sp³-hybridized carbons (Fsp3) is 0.0667. The van der Waals surface area contributed by atoms with Crippen LogP contribution in [0.2, 0.25) is 10.0 Å². The van der Waals surface area contributed by atoms with Crippen molar-refractivity contribution >= 4 is 50.3 Å². The lowest BCUT2D eigenvalue weighted by Gasteiger charge is -2.08. The van der Waals surface area contributed by atoms with Crippen LogP contribution in [0.3, 0.4) is 0 Å². The molecule has 3 rings (SSSR count). The fourth-order valence-electron chi connectivity index (χ4n) is 2.00. The minimum absolute atomic E-state index is 0.588. The SMILES string of the molecule is Clc1ccc(CNc2cccc3sccc23)cc1Cl. The zero-order valence-corrected chi connectivity index (χ0v) is 12.3. The molecule has 0 fully saturated rings. The Morgan fingerprint density at radius 2 is 1.89 bits per heavy atom. The summed E-state index contributed by atoms with van der Waals surface area (Å²) < 4.78 is 1.29. The standard InChI is InChI=1S/C15H11Cl2NS/c16-12-5-4-10(8-13(12)17)9-18-14-2-1-3-15-11(14)6-7-19-15/h1-8,18H,9H2. The number of thiophene rings is 1. The number of halogens is 2. The first kappa shape index (κ1) is 12.8. The molecular weight excluding hydrogens is 297 g/mol. The Kier molecular flexibility index (Phi) is 3.65. The molecule has 19 heavy (non-hydrogen) atoms. The van der Waals surface area contributed by atoms with E-state index >= 15 is 0 Å². The first-order valence-electron chi connectivity index (χ1n) is 5.88. The monoisotopic (exact) mass is 307 g/mol. The molecule has 0 aliphatic heterocycles. The average Bonchev–Trinajstić information content (AvgIpc) is 2.89. The van der Waals surface area contributed by atoms with Gasteiger partial charge in [-0.25, -0.2) is 0 Å². The Balaban J connectivity index is 1.82. The minimum Gasteiger partial charge on any atom is -0.380 e. The predicted octanol–water partition coefficient (Wildman–Crippen LogP) is 5.82. The van der Waals surface area contributed by atoms with E-state index in [0.29, 0.717) is 10.0 Å². The molecule has 96 valence electrons. The van der Waals surface area contributed by atoms with E-state index in [0.717, 1.165) is 17.8 Å². The van der Waals surface area contributed by atoms with E-state index in [9.17, 15) is 0 Å². The number of hydrogen-bond acceptors (Lipinski definition) is 2. The molecule has 1 N–H and O–H groups in total. The highest BCUT2D eigenvalue weighted by Crippen LogP contribution is 2.28. The third-order valence-electron chi connectivity index (χ3n) is 2.96. The second-order valence-electron chi connectivity index (χ2n) is 4.24. The Hall–Kier alpha value is -1.22. The molecule has 0 spiro atoms. The molecular formula is C15H11Cl2NS. The van der Waals surface area contributed by atoms with E-state index in [4.69, 9.17) is 23.2 Å². The topological polar surface area (TPSA) is 12.0 Å². The molecule has 0 aliphatic rings. The van der Waals surface area contributed by atoms with Crippen LogP contribution in [0.4, 0.5) is 5.69 Å². The van der Waals surface area contributed by atoms with Crippen molar-refractivity contribution in [3.05, 3.63) is 63.5 Å². The van der Waals surface area contributed by atoms with Crippen LogP contribution in [-0.2, 0) is 6.54 Å². The van der Waals surface area contributed by atoms with Crippen LogP contribution in [0.5, 0.6) is 0 Å². The first-order valence-corrected chi connectivity index (χ1v) is 7.51. The second-order valence-corrected chi connectivity index (χ2v) is 6.00. The average molecular weight is 308 g/mol.